The van der Waals surface area contributed by atoms with Crippen LogP contribution < -0.4 is 20.8 Å². The fraction of sp³-hybridized carbons (Fsp3) is 0.150. The number of nitrogens with zero attached hydrogens (tertiary/aromatic N) is 2. The largest absolute Gasteiger partial charge is 0.353 e. The molecule has 0 unspecified atom stereocenters. The van der Waals surface area contributed by atoms with Crippen molar-refractivity contribution in [3.05, 3.63) is 66.2 Å². The van der Waals surface area contributed by atoms with Gasteiger partial charge in [-0.15, -0.1) is 0 Å². The monoisotopic (exact) mass is 428 g/mol. The molecule has 156 valence electrons. The van der Waals surface area contributed by atoms with E-state index in [9.17, 15) is 9.18 Å². The molecule has 0 atom stereocenters. The molecule has 0 bridgehead atoms. The Balaban J connectivity index is 1.95. The number of halogens is 1. The highest BCUT2D eigenvalue weighted by Gasteiger charge is 2.15. The van der Waals surface area contributed by atoms with Gasteiger partial charge in [-0.2, -0.15) is 4.39 Å². The van der Waals surface area contributed by atoms with Crippen LogP contribution in [0.5, 0.6) is 0 Å². The lowest BCUT2D eigenvalue weighted by Gasteiger charge is -2.16. The molecule has 2 aromatic heterocycles. The predicted octanol–water partition coefficient (Wildman–Crippen LogP) is 4.47. The molecule has 3 rings (SSSR count). The summed E-state index contributed by atoms with van der Waals surface area (Å²) >= 11 is 1.45. The van der Waals surface area contributed by atoms with Crippen molar-refractivity contribution in [1.29, 1.82) is 0 Å². The molecule has 10 heteroatoms. The predicted molar refractivity (Wildman–Crippen MR) is 118 cm³/mol. The minimum atomic E-state index is -0.608. The van der Waals surface area contributed by atoms with Gasteiger partial charge in [-0.05, 0) is 31.2 Å². The maximum absolute atomic E-state index is 13.4. The summed E-state index contributed by atoms with van der Waals surface area (Å²) in [5, 5.41) is 6.19. The van der Waals surface area contributed by atoms with E-state index in [1.807, 2.05) is 30.5 Å². The van der Waals surface area contributed by atoms with Gasteiger partial charge in [0.05, 0.1) is 29.2 Å². The highest BCUT2D eigenvalue weighted by molar-refractivity contribution is 7.99. The van der Waals surface area contributed by atoms with E-state index in [-0.39, 0.29) is 5.56 Å². The highest BCUT2D eigenvalue weighted by Crippen LogP contribution is 2.30. The van der Waals surface area contributed by atoms with Gasteiger partial charge in [-0.3, -0.25) is 9.63 Å². The summed E-state index contributed by atoms with van der Waals surface area (Å²) in [6.07, 6.45) is 3.32. The Morgan fingerprint density at radius 3 is 2.60 bits per heavy atom. The van der Waals surface area contributed by atoms with Gasteiger partial charge in [-0.25, -0.2) is 15.4 Å². The van der Waals surface area contributed by atoms with Crippen molar-refractivity contribution in [1.82, 2.24) is 15.4 Å². The van der Waals surface area contributed by atoms with Crippen LogP contribution in [0.3, 0.4) is 0 Å². The first-order valence-corrected chi connectivity index (χ1v) is 10.3. The average molecular weight is 428 g/mol. The first-order valence-electron chi connectivity index (χ1n) is 9.07. The van der Waals surface area contributed by atoms with Crippen LogP contribution in [-0.4, -0.2) is 28.7 Å². The first kappa shape index (κ1) is 21.3. The number of hydrogen-bond donors (Lipinski definition) is 4. The molecular weight excluding hydrogens is 407 g/mol. The summed E-state index contributed by atoms with van der Waals surface area (Å²) < 4.78 is 16.6. The van der Waals surface area contributed by atoms with Crippen LogP contribution in [0.1, 0.15) is 17.3 Å². The number of carbonyl (C=O) groups excluding carboxylic acids is 1. The van der Waals surface area contributed by atoms with Crippen molar-refractivity contribution >= 4 is 46.6 Å². The molecule has 0 spiro atoms. The van der Waals surface area contributed by atoms with E-state index in [1.165, 1.54) is 30.3 Å². The van der Waals surface area contributed by atoms with Crippen LogP contribution >= 0.6 is 11.9 Å². The number of anilines is 5. The Hall–Kier alpha value is -3.37. The van der Waals surface area contributed by atoms with Gasteiger partial charge in [0.25, 0.3) is 5.91 Å². The topological polar surface area (TPSA) is 100 Å². The zero-order chi connectivity index (χ0) is 21.3. The Bertz CT molecular complexity index is 1020. The molecule has 0 radical (unpaired) electrons. The normalized spacial score (nSPS) is 10.4. The number of aromatic nitrogens is 2. The molecule has 0 aliphatic carbocycles. The van der Waals surface area contributed by atoms with Crippen molar-refractivity contribution in [2.24, 2.45) is 0 Å². The van der Waals surface area contributed by atoms with E-state index in [1.54, 1.807) is 19.1 Å². The minimum Gasteiger partial charge on any atom is -0.353 e. The van der Waals surface area contributed by atoms with Crippen LogP contribution in [0.4, 0.5) is 33.1 Å². The van der Waals surface area contributed by atoms with Crippen molar-refractivity contribution in [2.75, 3.05) is 28.2 Å². The van der Waals surface area contributed by atoms with E-state index < -0.39 is 11.9 Å². The summed E-state index contributed by atoms with van der Waals surface area (Å²) in [6.45, 7) is 2.09. The van der Waals surface area contributed by atoms with Crippen LogP contribution in [-0.2, 0) is 4.84 Å². The van der Waals surface area contributed by atoms with Crippen molar-refractivity contribution in [2.45, 2.75) is 6.92 Å². The Labute approximate surface area is 177 Å². The lowest BCUT2D eigenvalue weighted by Crippen LogP contribution is -2.24. The lowest BCUT2D eigenvalue weighted by atomic mass is 10.2. The van der Waals surface area contributed by atoms with Gasteiger partial charge >= 0.3 is 0 Å². The molecule has 4 N–H and O–H groups in total. The van der Waals surface area contributed by atoms with Crippen LogP contribution in [0.25, 0.3) is 0 Å². The zero-order valence-corrected chi connectivity index (χ0v) is 17.2. The SMILES string of the molecule is CCONC(=O)c1cnc(Nc2cccc(F)n2)cc1Nc1ccccc1NSC. The number of amides is 1. The average Bonchev–Trinajstić information content (AvgIpc) is 2.74. The third kappa shape index (κ3) is 5.58. The maximum atomic E-state index is 13.4. The third-order valence-corrected chi connectivity index (χ3v) is 4.26. The minimum absolute atomic E-state index is 0.278. The molecule has 8 nitrogen and oxygen atoms in total. The number of carbonyl (C=O) groups is 1. The number of para-hydroxylation sites is 2. The van der Waals surface area contributed by atoms with Gasteiger partial charge in [-0.1, -0.05) is 30.1 Å². The second-order valence-corrected chi connectivity index (χ2v) is 6.54. The molecule has 2 heterocycles. The zero-order valence-electron chi connectivity index (χ0n) is 16.4. The molecular formula is C20H21FN6O2S. The van der Waals surface area contributed by atoms with Gasteiger partial charge in [0, 0.05) is 18.5 Å². The molecule has 0 saturated heterocycles. The van der Waals surface area contributed by atoms with E-state index in [0.29, 0.717) is 23.9 Å². The van der Waals surface area contributed by atoms with Crippen LogP contribution in [0.2, 0.25) is 0 Å². The molecule has 0 fully saturated rings. The van der Waals surface area contributed by atoms with Crippen LogP contribution in [0, 0.1) is 5.95 Å². The number of pyridine rings is 2. The van der Waals surface area contributed by atoms with E-state index in [2.05, 4.69) is 30.8 Å². The lowest BCUT2D eigenvalue weighted by molar-refractivity contribution is 0.0365. The smallest absolute Gasteiger partial charge is 0.278 e. The highest BCUT2D eigenvalue weighted by atomic mass is 32.2. The summed E-state index contributed by atoms with van der Waals surface area (Å²) in [6, 6.07) is 13.6. The van der Waals surface area contributed by atoms with Crippen LogP contribution in [0.15, 0.2) is 54.7 Å². The van der Waals surface area contributed by atoms with Crippen molar-refractivity contribution in [3.63, 3.8) is 0 Å². The second-order valence-electron chi connectivity index (χ2n) is 5.93. The molecule has 1 amide bonds. The fourth-order valence-electron chi connectivity index (χ4n) is 2.55. The van der Waals surface area contributed by atoms with Gasteiger partial charge < -0.3 is 15.4 Å². The van der Waals surface area contributed by atoms with E-state index in [0.717, 1.165) is 11.4 Å². The van der Waals surface area contributed by atoms with Gasteiger partial charge in [0.1, 0.15) is 11.6 Å². The number of hydroxylamine groups is 1. The summed E-state index contributed by atoms with van der Waals surface area (Å²) in [4.78, 5) is 25.6. The molecule has 3 aromatic rings. The van der Waals surface area contributed by atoms with E-state index in [4.69, 9.17) is 4.84 Å². The second kappa shape index (κ2) is 10.4. The van der Waals surface area contributed by atoms with Crippen molar-refractivity contribution in [3.8, 4) is 0 Å². The molecule has 0 aliphatic heterocycles. The summed E-state index contributed by atoms with van der Waals surface area (Å²) in [5.74, 6) is -0.371. The Morgan fingerprint density at radius 1 is 1.07 bits per heavy atom. The fourth-order valence-corrected chi connectivity index (χ4v) is 2.94. The third-order valence-electron chi connectivity index (χ3n) is 3.84. The molecule has 0 aliphatic rings. The number of benzene rings is 1. The quantitative estimate of drug-likeness (QED) is 0.225. The standard InChI is InChI=1S/C20H21FN6O2S/c1-3-29-26-20(28)13-12-22-19(25-18-10-6-9-17(21)24-18)11-16(13)23-14-7-4-5-8-15(14)27-30-2/h4-12,27H,3H2,1-2H3,(H,26,28)(H2,22,23,24,25). The molecule has 30 heavy (non-hydrogen) atoms. The van der Waals surface area contributed by atoms with Gasteiger partial charge in [0.15, 0.2) is 0 Å². The Kier molecular flexibility index (Phi) is 7.41. The maximum Gasteiger partial charge on any atom is 0.278 e. The summed E-state index contributed by atoms with van der Waals surface area (Å²) in [5.41, 5.74) is 4.74. The number of rotatable bonds is 9. The van der Waals surface area contributed by atoms with Crippen molar-refractivity contribution < 1.29 is 14.0 Å². The van der Waals surface area contributed by atoms with E-state index >= 15 is 0 Å². The number of hydrogen-bond acceptors (Lipinski definition) is 8. The number of nitrogens with one attached hydrogen (secondary N) is 4. The molecule has 0 saturated carbocycles. The Morgan fingerprint density at radius 2 is 1.87 bits per heavy atom. The van der Waals surface area contributed by atoms with Gasteiger partial charge in [0.2, 0.25) is 5.95 Å². The first-order chi connectivity index (χ1) is 14.6. The molecule has 1 aromatic carbocycles. The summed E-state index contributed by atoms with van der Waals surface area (Å²) in [7, 11) is 0.